The first-order chi connectivity index (χ1) is 11.0. The summed E-state index contributed by atoms with van der Waals surface area (Å²) < 4.78 is 29.9. The minimum atomic E-state index is -3.13. The molecule has 3 N–H and O–H groups in total. The summed E-state index contributed by atoms with van der Waals surface area (Å²) in [6, 6.07) is 9.62. The van der Waals surface area contributed by atoms with Crippen LogP contribution in [0.3, 0.4) is 0 Å². The lowest BCUT2D eigenvalue weighted by Crippen LogP contribution is -2.39. The molecule has 1 rings (SSSR count). The van der Waals surface area contributed by atoms with Gasteiger partial charge in [-0.3, -0.25) is 4.99 Å². The monoisotopic (exact) mass is 470 g/mol. The van der Waals surface area contributed by atoms with Crippen molar-refractivity contribution < 1.29 is 13.2 Å². The zero-order valence-electron chi connectivity index (χ0n) is 14.1. The third kappa shape index (κ3) is 12.4. The summed E-state index contributed by atoms with van der Waals surface area (Å²) in [7, 11) is -3.13. The van der Waals surface area contributed by atoms with Crippen LogP contribution in [0.2, 0.25) is 0 Å². The minimum absolute atomic E-state index is 0. The van der Waals surface area contributed by atoms with E-state index in [0.29, 0.717) is 38.6 Å². The average Bonchev–Trinajstić information content (AvgIpc) is 2.51. The molecule has 0 aliphatic carbocycles. The molecule has 1 aromatic rings. The maximum atomic E-state index is 10.9. The smallest absolute Gasteiger partial charge is 0.208 e. The summed E-state index contributed by atoms with van der Waals surface area (Å²) in [5, 5.41) is 6.31. The first-order valence-corrected chi connectivity index (χ1v) is 9.55. The lowest BCUT2D eigenvalue weighted by molar-refractivity contribution is 0.322. The van der Waals surface area contributed by atoms with Crippen molar-refractivity contribution >= 4 is 40.0 Å². The molecule has 0 aromatic heterocycles. The summed E-state index contributed by atoms with van der Waals surface area (Å²) in [4.78, 5) is 4.38. The van der Waals surface area contributed by atoms with E-state index in [0.717, 1.165) is 18.6 Å². The van der Waals surface area contributed by atoms with Crippen molar-refractivity contribution in [1.29, 1.82) is 0 Å². The van der Waals surface area contributed by atoms with Crippen LogP contribution in [0, 0.1) is 0 Å². The van der Waals surface area contributed by atoms with Gasteiger partial charge in [0.1, 0.15) is 12.4 Å². The van der Waals surface area contributed by atoms with Crippen molar-refractivity contribution in [3.8, 4) is 5.75 Å². The highest BCUT2D eigenvalue weighted by Crippen LogP contribution is 2.07. The Morgan fingerprint density at radius 2 is 1.88 bits per heavy atom. The molecule has 0 aliphatic rings. The minimum Gasteiger partial charge on any atom is -0.492 e. The Hall–Kier alpha value is -1.07. The first kappa shape index (κ1) is 22.9. The van der Waals surface area contributed by atoms with Crippen LogP contribution in [0.15, 0.2) is 35.3 Å². The van der Waals surface area contributed by atoms with Crippen LogP contribution in [0.4, 0.5) is 0 Å². The highest BCUT2D eigenvalue weighted by Gasteiger charge is 2.00. The summed E-state index contributed by atoms with van der Waals surface area (Å²) in [6.07, 6.45) is 1.79. The van der Waals surface area contributed by atoms with E-state index >= 15 is 0 Å². The number of aliphatic imine (C=N–C) groups is 1. The van der Waals surface area contributed by atoms with Gasteiger partial charge in [0, 0.05) is 19.6 Å². The molecule has 0 aliphatic heterocycles. The molecule has 0 fully saturated rings. The van der Waals surface area contributed by atoms with Crippen LogP contribution >= 0.6 is 24.0 Å². The lowest BCUT2D eigenvalue weighted by atomic mass is 10.3. The Kier molecular flexibility index (Phi) is 12.7. The molecule has 138 valence electrons. The zero-order valence-corrected chi connectivity index (χ0v) is 17.3. The fourth-order valence-corrected chi connectivity index (χ4v) is 2.24. The van der Waals surface area contributed by atoms with Gasteiger partial charge in [0.25, 0.3) is 0 Å². The zero-order chi connectivity index (χ0) is 17.0. The fraction of sp³-hybridized carbons (Fsp3) is 0.533. The van der Waals surface area contributed by atoms with E-state index in [9.17, 15) is 8.42 Å². The molecule has 9 heteroatoms. The van der Waals surface area contributed by atoms with Crippen molar-refractivity contribution in [2.24, 2.45) is 4.99 Å². The van der Waals surface area contributed by atoms with Gasteiger partial charge in [0.15, 0.2) is 5.96 Å². The maximum absolute atomic E-state index is 10.9. The number of benzene rings is 1. The largest absolute Gasteiger partial charge is 0.492 e. The van der Waals surface area contributed by atoms with Crippen molar-refractivity contribution in [2.75, 3.05) is 39.0 Å². The standard InChI is InChI=1S/C15H26N4O3S.HI/c1-3-16-15(17-10-7-11-19-23(2,20)21)18-12-13-22-14-8-5-4-6-9-14;/h4-6,8-9,19H,3,7,10-13H2,1-2H3,(H2,16,17,18);1H. The third-order valence-corrected chi connectivity index (χ3v) is 3.45. The van der Waals surface area contributed by atoms with E-state index in [1.165, 1.54) is 0 Å². The molecule has 0 saturated carbocycles. The number of halogens is 1. The van der Waals surface area contributed by atoms with Gasteiger partial charge in [-0.05, 0) is 25.5 Å². The number of hydrogen-bond donors (Lipinski definition) is 3. The lowest BCUT2D eigenvalue weighted by Gasteiger charge is -2.12. The van der Waals surface area contributed by atoms with Crippen molar-refractivity contribution in [2.45, 2.75) is 13.3 Å². The van der Waals surface area contributed by atoms with Crippen LogP contribution in [0.25, 0.3) is 0 Å². The predicted molar refractivity (Wildman–Crippen MR) is 109 cm³/mol. The second-order valence-corrected chi connectivity index (χ2v) is 6.70. The van der Waals surface area contributed by atoms with Crippen molar-refractivity contribution in [3.05, 3.63) is 30.3 Å². The first-order valence-electron chi connectivity index (χ1n) is 7.66. The van der Waals surface area contributed by atoms with Gasteiger partial charge in [-0.2, -0.15) is 0 Å². The summed E-state index contributed by atoms with van der Waals surface area (Å²) in [5.74, 6) is 1.53. The molecule has 0 saturated heterocycles. The van der Waals surface area contributed by atoms with E-state index in [-0.39, 0.29) is 24.0 Å². The molecule has 0 atom stereocenters. The number of ether oxygens (including phenoxy) is 1. The van der Waals surface area contributed by atoms with E-state index in [1.807, 2.05) is 37.3 Å². The maximum Gasteiger partial charge on any atom is 0.208 e. The van der Waals surface area contributed by atoms with Gasteiger partial charge in [-0.25, -0.2) is 13.1 Å². The Balaban J connectivity index is 0.00000529. The molecule has 0 amide bonds. The van der Waals surface area contributed by atoms with Crippen molar-refractivity contribution in [1.82, 2.24) is 15.4 Å². The molecule has 7 nitrogen and oxygen atoms in total. The molecule has 24 heavy (non-hydrogen) atoms. The Labute approximate surface area is 161 Å². The quantitative estimate of drug-likeness (QED) is 0.207. The van der Waals surface area contributed by atoms with E-state index in [1.54, 1.807) is 0 Å². The fourth-order valence-electron chi connectivity index (χ4n) is 1.72. The topological polar surface area (TPSA) is 91.8 Å². The van der Waals surface area contributed by atoms with Gasteiger partial charge in [-0.1, -0.05) is 18.2 Å². The highest BCUT2D eigenvalue weighted by atomic mass is 127. The number of nitrogens with one attached hydrogen (secondary N) is 3. The number of sulfonamides is 1. The SMILES string of the molecule is CCNC(=NCCCNS(C)(=O)=O)NCCOc1ccccc1.I. The molecular weight excluding hydrogens is 443 g/mol. The number of guanidine groups is 1. The Bertz CT molecular complexity index is 567. The van der Waals surface area contributed by atoms with Crippen LogP contribution in [-0.4, -0.2) is 53.4 Å². The molecule has 0 unspecified atom stereocenters. The average molecular weight is 470 g/mol. The molecule has 0 heterocycles. The molecule has 0 spiro atoms. The summed E-state index contributed by atoms with van der Waals surface area (Å²) >= 11 is 0. The van der Waals surface area contributed by atoms with Crippen LogP contribution in [0.5, 0.6) is 5.75 Å². The molecular formula is C15H27IN4O3S. The Morgan fingerprint density at radius 3 is 2.50 bits per heavy atom. The van der Waals surface area contributed by atoms with E-state index in [4.69, 9.17) is 4.74 Å². The number of nitrogens with zero attached hydrogens (tertiary/aromatic N) is 1. The van der Waals surface area contributed by atoms with Crippen LogP contribution in [-0.2, 0) is 10.0 Å². The molecule has 1 aromatic carbocycles. The van der Waals surface area contributed by atoms with E-state index in [2.05, 4.69) is 20.3 Å². The summed E-state index contributed by atoms with van der Waals surface area (Å²) in [5.41, 5.74) is 0. The van der Waals surface area contributed by atoms with E-state index < -0.39 is 10.0 Å². The second-order valence-electron chi connectivity index (χ2n) is 4.87. The van der Waals surface area contributed by atoms with Gasteiger partial charge >= 0.3 is 0 Å². The summed E-state index contributed by atoms with van der Waals surface area (Å²) in [6.45, 7) is 4.83. The van der Waals surface area contributed by atoms with Gasteiger partial charge in [0.2, 0.25) is 10.0 Å². The van der Waals surface area contributed by atoms with Gasteiger partial charge in [0.05, 0.1) is 12.8 Å². The normalized spacial score (nSPS) is 11.5. The van der Waals surface area contributed by atoms with Crippen molar-refractivity contribution in [3.63, 3.8) is 0 Å². The van der Waals surface area contributed by atoms with Crippen LogP contribution in [0.1, 0.15) is 13.3 Å². The van der Waals surface area contributed by atoms with Gasteiger partial charge in [-0.15, -0.1) is 24.0 Å². The predicted octanol–water partition coefficient (Wildman–Crippen LogP) is 1.18. The Morgan fingerprint density at radius 1 is 1.17 bits per heavy atom. The van der Waals surface area contributed by atoms with Crippen LogP contribution < -0.4 is 20.1 Å². The van der Waals surface area contributed by atoms with Gasteiger partial charge < -0.3 is 15.4 Å². The number of hydrogen-bond acceptors (Lipinski definition) is 4. The molecule has 0 bridgehead atoms. The third-order valence-electron chi connectivity index (χ3n) is 2.72. The second kappa shape index (κ2) is 13.2. The number of rotatable bonds is 10. The highest BCUT2D eigenvalue weighted by molar-refractivity contribution is 14.0. The molecule has 0 radical (unpaired) electrons. The number of para-hydroxylation sites is 1.